The van der Waals surface area contributed by atoms with E-state index in [1.165, 1.54) is 17.0 Å². The van der Waals surface area contributed by atoms with Gasteiger partial charge < -0.3 is 9.30 Å². The molecule has 0 spiro atoms. The maximum Gasteiger partial charge on any atom is 0.125 e. The second-order valence-electron chi connectivity index (χ2n) is 4.56. The number of hydrogen-bond acceptors (Lipinski definition) is 1. The molecule has 0 N–H and O–H groups in total. The van der Waals surface area contributed by atoms with E-state index in [1.807, 2.05) is 6.07 Å². The summed E-state index contributed by atoms with van der Waals surface area (Å²) in [4.78, 5) is 0. The molecular weight excluding hydrogens is 229 g/mol. The van der Waals surface area contributed by atoms with Crippen LogP contribution >= 0.6 is 0 Å². The fraction of sp³-hybridized carbons (Fsp3) is 0.467. The number of rotatable bonds is 6. The minimum absolute atomic E-state index is 0.165. The van der Waals surface area contributed by atoms with Gasteiger partial charge in [-0.05, 0) is 43.0 Å². The molecule has 0 atom stereocenters. The Morgan fingerprint density at radius 1 is 1.28 bits per heavy atom. The maximum absolute atomic E-state index is 13.3. The van der Waals surface area contributed by atoms with E-state index in [1.54, 1.807) is 13.2 Å². The van der Waals surface area contributed by atoms with Crippen molar-refractivity contribution in [2.45, 2.75) is 32.7 Å². The quantitative estimate of drug-likeness (QED) is 0.711. The number of fused-ring (bicyclic) bond motifs is 1. The van der Waals surface area contributed by atoms with Crippen molar-refractivity contribution in [2.24, 2.45) is 0 Å². The Hall–Kier alpha value is -1.35. The van der Waals surface area contributed by atoms with Crippen molar-refractivity contribution in [3.05, 3.63) is 35.8 Å². The van der Waals surface area contributed by atoms with Crippen molar-refractivity contribution in [3.8, 4) is 0 Å². The molecule has 0 amide bonds. The Kier molecular flexibility index (Phi) is 4.37. The summed E-state index contributed by atoms with van der Waals surface area (Å²) in [5.41, 5.74) is 2.29. The second kappa shape index (κ2) is 6.01. The van der Waals surface area contributed by atoms with Gasteiger partial charge in [0.15, 0.2) is 0 Å². The molecule has 1 aromatic heterocycles. The monoisotopic (exact) mass is 249 g/mol. The van der Waals surface area contributed by atoms with Crippen molar-refractivity contribution >= 4 is 10.9 Å². The van der Waals surface area contributed by atoms with Crippen LogP contribution in [0.1, 0.15) is 25.3 Å². The van der Waals surface area contributed by atoms with Crippen LogP contribution in [0.25, 0.3) is 10.9 Å². The summed E-state index contributed by atoms with van der Waals surface area (Å²) in [7, 11) is 1.72. The number of methoxy groups -OCH3 is 1. The lowest BCUT2D eigenvalue weighted by Gasteiger charge is -2.05. The zero-order valence-electron chi connectivity index (χ0n) is 11.1. The molecule has 2 aromatic rings. The molecule has 2 nitrogen and oxygen atoms in total. The molecule has 0 unspecified atom stereocenters. The van der Waals surface area contributed by atoms with E-state index in [9.17, 15) is 4.39 Å². The van der Waals surface area contributed by atoms with Crippen LogP contribution in [-0.4, -0.2) is 18.3 Å². The Morgan fingerprint density at radius 2 is 2.11 bits per heavy atom. The fourth-order valence-electron chi connectivity index (χ4n) is 2.34. The van der Waals surface area contributed by atoms with Crippen molar-refractivity contribution in [1.29, 1.82) is 0 Å². The number of unbranched alkanes of at least 4 members (excludes halogenated alkanes) is 1. The van der Waals surface area contributed by atoms with Gasteiger partial charge in [0, 0.05) is 31.8 Å². The Balaban J connectivity index is 2.23. The van der Waals surface area contributed by atoms with Gasteiger partial charge in [-0.3, -0.25) is 0 Å². The van der Waals surface area contributed by atoms with Crippen LogP contribution in [-0.2, 0) is 17.7 Å². The number of aryl methyl sites for hydroxylation is 2. The number of aromatic nitrogens is 1. The summed E-state index contributed by atoms with van der Waals surface area (Å²) in [5, 5.41) is 1.17. The van der Waals surface area contributed by atoms with Gasteiger partial charge in [0.2, 0.25) is 0 Å². The zero-order valence-corrected chi connectivity index (χ0v) is 11.1. The molecule has 2 rings (SSSR count). The predicted molar refractivity (Wildman–Crippen MR) is 72.4 cm³/mol. The molecule has 98 valence electrons. The third-order valence-corrected chi connectivity index (χ3v) is 3.31. The maximum atomic E-state index is 13.3. The minimum atomic E-state index is -0.165. The lowest BCUT2D eigenvalue weighted by molar-refractivity contribution is 0.191. The van der Waals surface area contributed by atoms with Gasteiger partial charge in [-0.15, -0.1) is 0 Å². The smallest absolute Gasteiger partial charge is 0.125 e. The molecule has 0 aliphatic rings. The van der Waals surface area contributed by atoms with Crippen LogP contribution in [0.4, 0.5) is 4.39 Å². The topological polar surface area (TPSA) is 14.2 Å². The molecule has 18 heavy (non-hydrogen) atoms. The third-order valence-electron chi connectivity index (χ3n) is 3.31. The molecule has 3 heteroatoms. The third kappa shape index (κ3) is 2.72. The molecule has 0 aliphatic heterocycles. The number of hydrogen-bond donors (Lipinski definition) is 0. The van der Waals surface area contributed by atoms with Crippen LogP contribution in [0.3, 0.4) is 0 Å². The first-order valence-electron chi connectivity index (χ1n) is 6.52. The highest BCUT2D eigenvalue weighted by atomic mass is 19.1. The highest BCUT2D eigenvalue weighted by Gasteiger charge is 2.07. The van der Waals surface area contributed by atoms with Gasteiger partial charge >= 0.3 is 0 Å². The van der Waals surface area contributed by atoms with Gasteiger partial charge in [-0.1, -0.05) is 6.92 Å². The molecule has 0 saturated heterocycles. The van der Waals surface area contributed by atoms with E-state index < -0.39 is 0 Å². The highest BCUT2D eigenvalue weighted by molar-refractivity contribution is 5.84. The fourth-order valence-corrected chi connectivity index (χ4v) is 2.34. The van der Waals surface area contributed by atoms with Crippen molar-refractivity contribution in [2.75, 3.05) is 13.7 Å². The van der Waals surface area contributed by atoms with Crippen molar-refractivity contribution in [3.63, 3.8) is 0 Å². The second-order valence-corrected chi connectivity index (χ2v) is 4.56. The SMILES string of the molecule is CCc1cn(CCCCOC)c2cc(F)ccc12. The molecular formula is C15H20FNO. The summed E-state index contributed by atoms with van der Waals surface area (Å²) in [5.74, 6) is -0.165. The average molecular weight is 249 g/mol. The lowest BCUT2D eigenvalue weighted by atomic mass is 10.1. The molecule has 1 aromatic carbocycles. The summed E-state index contributed by atoms with van der Waals surface area (Å²) in [6.45, 7) is 3.84. The van der Waals surface area contributed by atoms with Gasteiger partial charge in [0.25, 0.3) is 0 Å². The first-order valence-corrected chi connectivity index (χ1v) is 6.52. The van der Waals surface area contributed by atoms with Crippen LogP contribution in [0.2, 0.25) is 0 Å². The predicted octanol–water partition coefficient (Wildman–Crippen LogP) is 3.77. The number of ether oxygens (including phenoxy) is 1. The Morgan fingerprint density at radius 3 is 2.83 bits per heavy atom. The van der Waals surface area contributed by atoms with Crippen LogP contribution in [0.5, 0.6) is 0 Å². The zero-order chi connectivity index (χ0) is 13.0. The minimum Gasteiger partial charge on any atom is -0.385 e. The van der Waals surface area contributed by atoms with Crippen molar-refractivity contribution < 1.29 is 9.13 Å². The molecule has 0 fully saturated rings. The Labute approximate surface area is 107 Å². The summed E-state index contributed by atoms with van der Waals surface area (Å²) in [6, 6.07) is 5.05. The van der Waals surface area contributed by atoms with Gasteiger partial charge in [-0.25, -0.2) is 4.39 Å². The normalized spacial score (nSPS) is 11.3. The molecule has 0 aliphatic carbocycles. The number of nitrogens with zero attached hydrogens (tertiary/aromatic N) is 1. The van der Waals surface area contributed by atoms with Gasteiger partial charge in [0.1, 0.15) is 5.82 Å². The van der Waals surface area contributed by atoms with E-state index >= 15 is 0 Å². The van der Waals surface area contributed by atoms with E-state index in [0.717, 1.165) is 37.9 Å². The first kappa shape index (κ1) is 13.1. The number of benzene rings is 1. The van der Waals surface area contributed by atoms with Crippen LogP contribution in [0.15, 0.2) is 24.4 Å². The van der Waals surface area contributed by atoms with Crippen LogP contribution in [0, 0.1) is 5.82 Å². The standard InChI is InChI=1S/C15H20FNO/c1-3-12-11-17(8-4-5-9-18-2)15-10-13(16)6-7-14(12)15/h6-7,10-11H,3-5,8-9H2,1-2H3. The molecule has 1 heterocycles. The summed E-state index contributed by atoms with van der Waals surface area (Å²) < 4.78 is 20.5. The van der Waals surface area contributed by atoms with Crippen molar-refractivity contribution in [1.82, 2.24) is 4.57 Å². The largest absolute Gasteiger partial charge is 0.385 e. The highest BCUT2D eigenvalue weighted by Crippen LogP contribution is 2.23. The van der Waals surface area contributed by atoms with E-state index in [-0.39, 0.29) is 5.82 Å². The number of halogens is 1. The summed E-state index contributed by atoms with van der Waals surface area (Å²) in [6.07, 6.45) is 5.22. The van der Waals surface area contributed by atoms with Crippen LogP contribution < -0.4 is 0 Å². The molecule has 0 bridgehead atoms. The van der Waals surface area contributed by atoms with Gasteiger partial charge in [0.05, 0.1) is 5.52 Å². The van der Waals surface area contributed by atoms with E-state index in [0.29, 0.717) is 0 Å². The Bertz CT molecular complexity index is 518. The van der Waals surface area contributed by atoms with E-state index in [2.05, 4.69) is 17.7 Å². The first-order chi connectivity index (χ1) is 8.76. The van der Waals surface area contributed by atoms with Gasteiger partial charge in [-0.2, -0.15) is 0 Å². The average Bonchev–Trinajstić information content (AvgIpc) is 2.72. The lowest BCUT2D eigenvalue weighted by Crippen LogP contribution is -1.98. The summed E-state index contributed by atoms with van der Waals surface area (Å²) >= 11 is 0. The molecule has 0 radical (unpaired) electrons. The molecule has 0 saturated carbocycles. The van der Waals surface area contributed by atoms with E-state index in [4.69, 9.17) is 4.74 Å².